The highest BCUT2D eigenvalue weighted by atomic mass is 16.6. The Morgan fingerprint density at radius 2 is 2.08 bits per heavy atom. The van der Waals surface area contributed by atoms with E-state index in [0.29, 0.717) is 26.1 Å². The zero-order chi connectivity index (χ0) is 17.8. The van der Waals surface area contributed by atoms with E-state index < -0.39 is 4.92 Å². The lowest BCUT2D eigenvalue weighted by molar-refractivity contribution is -0.384. The Bertz CT molecular complexity index is 790. The SMILES string of the molecule is CCN(Cc1cccc([N+](=O)[O-])c1)C(=O)C1CCOc2ccccc21. The number of fused-ring (bicyclic) bond motifs is 1. The van der Waals surface area contributed by atoms with E-state index in [9.17, 15) is 14.9 Å². The first-order valence-corrected chi connectivity index (χ1v) is 8.34. The maximum atomic E-state index is 13.1. The largest absolute Gasteiger partial charge is 0.493 e. The van der Waals surface area contributed by atoms with Crippen LogP contribution in [0.3, 0.4) is 0 Å². The molecule has 2 aromatic carbocycles. The molecular weight excluding hydrogens is 320 g/mol. The van der Waals surface area contributed by atoms with Crippen molar-refractivity contribution in [3.05, 3.63) is 69.8 Å². The molecular formula is C19H20N2O4. The number of amides is 1. The quantitative estimate of drug-likeness (QED) is 0.617. The second kappa shape index (κ2) is 7.34. The van der Waals surface area contributed by atoms with Crippen LogP contribution >= 0.6 is 0 Å². The second-order valence-electron chi connectivity index (χ2n) is 6.01. The van der Waals surface area contributed by atoms with Gasteiger partial charge in [-0.25, -0.2) is 0 Å². The van der Waals surface area contributed by atoms with Crippen molar-refractivity contribution >= 4 is 11.6 Å². The minimum Gasteiger partial charge on any atom is -0.493 e. The van der Waals surface area contributed by atoms with Crippen molar-refractivity contribution in [2.45, 2.75) is 25.8 Å². The van der Waals surface area contributed by atoms with Crippen LogP contribution in [-0.2, 0) is 11.3 Å². The molecule has 0 fully saturated rings. The Labute approximate surface area is 146 Å². The number of ether oxygens (including phenoxy) is 1. The first-order chi connectivity index (χ1) is 12.1. The fourth-order valence-electron chi connectivity index (χ4n) is 3.15. The van der Waals surface area contributed by atoms with Crippen LogP contribution in [0.4, 0.5) is 5.69 Å². The molecule has 6 heteroatoms. The molecule has 130 valence electrons. The molecule has 0 spiro atoms. The highest BCUT2D eigenvalue weighted by Crippen LogP contribution is 2.34. The molecule has 0 N–H and O–H groups in total. The molecule has 25 heavy (non-hydrogen) atoms. The van der Waals surface area contributed by atoms with Gasteiger partial charge in [0.2, 0.25) is 5.91 Å². The Morgan fingerprint density at radius 3 is 2.84 bits per heavy atom. The summed E-state index contributed by atoms with van der Waals surface area (Å²) < 4.78 is 5.63. The Hall–Kier alpha value is -2.89. The van der Waals surface area contributed by atoms with Crippen molar-refractivity contribution < 1.29 is 14.5 Å². The van der Waals surface area contributed by atoms with Gasteiger partial charge in [0.1, 0.15) is 5.75 Å². The van der Waals surface area contributed by atoms with Gasteiger partial charge in [-0.2, -0.15) is 0 Å². The van der Waals surface area contributed by atoms with Gasteiger partial charge in [0, 0.05) is 30.8 Å². The lowest BCUT2D eigenvalue weighted by Crippen LogP contribution is -2.36. The van der Waals surface area contributed by atoms with E-state index in [2.05, 4.69) is 0 Å². The summed E-state index contributed by atoms with van der Waals surface area (Å²) >= 11 is 0. The number of nitro groups is 1. The smallest absolute Gasteiger partial charge is 0.269 e. The molecule has 2 aromatic rings. The number of nitro benzene ring substituents is 1. The third-order valence-corrected chi connectivity index (χ3v) is 4.44. The predicted octanol–water partition coefficient (Wildman–Crippen LogP) is 3.51. The Balaban J connectivity index is 1.81. The van der Waals surface area contributed by atoms with E-state index >= 15 is 0 Å². The van der Waals surface area contributed by atoms with Crippen molar-refractivity contribution in [2.75, 3.05) is 13.2 Å². The van der Waals surface area contributed by atoms with Crippen molar-refractivity contribution in [3.8, 4) is 5.75 Å². The molecule has 1 amide bonds. The minimum absolute atomic E-state index is 0.0322. The summed E-state index contributed by atoms with van der Waals surface area (Å²) in [6, 6.07) is 14.0. The normalized spacial score (nSPS) is 15.8. The molecule has 0 saturated carbocycles. The highest BCUT2D eigenvalue weighted by molar-refractivity contribution is 5.84. The molecule has 1 unspecified atom stereocenters. The summed E-state index contributed by atoms with van der Waals surface area (Å²) in [6.45, 7) is 3.33. The number of hydrogen-bond acceptors (Lipinski definition) is 4. The fraction of sp³-hybridized carbons (Fsp3) is 0.316. The van der Waals surface area contributed by atoms with Gasteiger partial charge in [-0.1, -0.05) is 30.3 Å². The molecule has 0 bridgehead atoms. The molecule has 6 nitrogen and oxygen atoms in total. The minimum atomic E-state index is -0.420. The molecule has 1 atom stereocenters. The van der Waals surface area contributed by atoms with Crippen LogP contribution in [0.2, 0.25) is 0 Å². The van der Waals surface area contributed by atoms with Gasteiger partial charge in [-0.05, 0) is 25.0 Å². The number of para-hydroxylation sites is 1. The summed E-state index contributed by atoms with van der Waals surface area (Å²) in [5, 5.41) is 10.9. The molecule has 0 aromatic heterocycles. The molecule has 1 aliphatic heterocycles. The Morgan fingerprint density at radius 1 is 1.28 bits per heavy atom. The van der Waals surface area contributed by atoms with Gasteiger partial charge >= 0.3 is 0 Å². The molecule has 0 saturated heterocycles. The van der Waals surface area contributed by atoms with Gasteiger partial charge in [-0.15, -0.1) is 0 Å². The van der Waals surface area contributed by atoms with E-state index in [1.165, 1.54) is 12.1 Å². The van der Waals surface area contributed by atoms with Crippen molar-refractivity contribution in [3.63, 3.8) is 0 Å². The van der Waals surface area contributed by atoms with Crippen LogP contribution in [-0.4, -0.2) is 28.9 Å². The fourth-order valence-corrected chi connectivity index (χ4v) is 3.15. The molecule has 1 heterocycles. The van der Waals surface area contributed by atoms with E-state index in [0.717, 1.165) is 16.9 Å². The highest BCUT2D eigenvalue weighted by Gasteiger charge is 2.30. The van der Waals surface area contributed by atoms with E-state index in [1.54, 1.807) is 17.0 Å². The topological polar surface area (TPSA) is 72.7 Å². The molecule has 0 radical (unpaired) electrons. The molecule has 1 aliphatic rings. The number of nitrogens with zero attached hydrogens (tertiary/aromatic N) is 2. The van der Waals surface area contributed by atoms with Gasteiger partial charge in [0.15, 0.2) is 0 Å². The lowest BCUT2D eigenvalue weighted by Gasteiger charge is -2.30. The number of hydrogen-bond donors (Lipinski definition) is 0. The standard InChI is InChI=1S/C19H20N2O4/c1-2-20(13-14-6-5-7-15(12-14)21(23)24)19(22)17-10-11-25-18-9-4-3-8-16(17)18/h3-9,12,17H,2,10-11,13H2,1H3. The molecule has 3 rings (SSSR count). The summed E-state index contributed by atoms with van der Waals surface area (Å²) in [4.78, 5) is 25.3. The third kappa shape index (κ3) is 3.63. The summed E-state index contributed by atoms with van der Waals surface area (Å²) in [5.74, 6) is 0.562. The van der Waals surface area contributed by atoms with Crippen LogP contribution in [0.5, 0.6) is 5.75 Å². The monoisotopic (exact) mass is 340 g/mol. The van der Waals surface area contributed by atoms with E-state index in [-0.39, 0.29) is 17.5 Å². The number of carbonyl (C=O) groups is 1. The molecule has 0 aliphatic carbocycles. The Kier molecular flexibility index (Phi) is 4.97. The van der Waals surface area contributed by atoms with Gasteiger partial charge < -0.3 is 9.64 Å². The van der Waals surface area contributed by atoms with Gasteiger partial charge in [-0.3, -0.25) is 14.9 Å². The lowest BCUT2D eigenvalue weighted by atomic mass is 9.91. The van der Waals surface area contributed by atoms with E-state index in [4.69, 9.17) is 4.74 Å². The predicted molar refractivity (Wildman–Crippen MR) is 93.5 cm³/mol. The van der Waals surface area contributed by atoms with Crippen molar-refractivity contribution in [1.82, 2.24) is 4.90 Å². The second-order valence-corrected chi connectivity index (χ2v) is 6.01. The summed E-state index contributed by atoms with van der Waals surface area (Å²) in [5.41, 5.74) is 1.71. The number of benzene rings is 2. The van der Waals surface area contributed by atoms with Crippen LogP contribution in [0, 0.1) is 10.1 Å². The van der Waals surface area contributed by atoms with Crippen LogP contribution in [0.25, 0.3) is 0 Å². The average Bonchev–Trinajstić information content (AvgIpc) is 2.65. The average molecular weight is 340 g/mol. The first-order valence-electron chi connectivity index (χ1n) is 8.34. The first kappa shape index (κ1) is 17.0. The van der Waals surface area contributed by atoms with Gasteiger partial charge in [0.05, 0.1) is 17.4 Å². The van der Waals surface area contributed by atoms with E-state index in [1.807, 2.05) is 31.2 Å². The van der Waals surface area contributed by atoms with Crippen LogP contribution in [0.1, 0.15) is 30.4 Å². The van der Waals surface area contributed by atoms with Gasteiger partial charge in [0.25, 0.3) is 5.69 Å². The summed E-state index contributed by atoms with van der Waals surface area (Å²) in [6.07, 6.45) is 0.640. The number of likely N-dealkylation sites (N-methyl/N-ethyl adjacent to an activating group) is 1. The van der Waals surface area contributed by atoms with Crippen molar-refractivity contribution in [1.29, 1.82) is 0 Å². The maximum Gasteiger partial charge on any atom is 0.269 e. The number of rotatable bonds is 5. The summed E-state index contributed by atoms with van der Waals surface area (Å²) in [7, 11) is 0. The zero-order valence-electron chi connectivity index (χ0n) is 14.1. The van der Waals surface area contributed by atoms with Crippen LogP contribution in [0.15, 0.2) is 48.5 Å². The maximum absolute atomic E-state index is 13.1. The number of carbonyl (C=O) groups excluding carboxylic acids is 1. The third-order valence-electron chi connectivity index (χ3n) is 4.44. The van der Waals surface area contributed by atoms with Crippen molar-refractivity contribution in [2.24, 2.45) is 0 Å². The zero-order valence-corrected chi connectivity index (χ0v) is 14.1. The number of non-ortho nitro benzene ring substituents is 1. The van der Waals surface area contributed by atoms with Crippen LogP contribution < -0.4 is 4.74 Å².